The number of para-hydroxylation sites is 1. The number of ether oxygens (including phenoxy) is 1. The molecule has 128 valence electrons. The number of hydrogen-bond acceptors (Lipinski definition) is 5. The molecule has 1 amide bonds. The van der Waals surface area contributed by atoms with Gasteiger partial charge in [-0.1, -0.05) is 17.3 Å². The van der Waals surface area contributed by atoms with Crippen molar-refractivity contribution >= 4 is 16.9 Å². The van der Waals surface area contributed by atoms with E-state index in [0.717, 1.165) is 22.9 Å². The van der Waals surface area contributed by atoms with Crippen molar-refractivity contribution in [2.75, 3.05) is 13.7 Å². The minimum Gasteiger partial charge on any atom is -0.380 e. The molecule has 4 rings (SSSR count). The van der Waals surface area contributed by atoms with Crippen LogP contribution in [0.1, 0.15) is 22.4 Å². The molecule has 0 fully saturated rings. The van der Waals surface area contributed by atoms with Gasteiger partial charge in [0.25, 0.3) is 0 Å². The van der Waals surface area contributed by atoms with Crippen LogP contribution >= 0.6 is 0 Å². The highest BCUT2D eigenvalue weighted by molar-refractivity contribution is 5.86. The highest BCUT2D eigenvalue weighted by atomic mass is 16.5. The summed E-state index contributed by atoms with van der Waals surface area (Å²) in [7, 11) is 1.68. The molecule has 0 N–H and O–H groups in total. The molecule has 0 atom stereocenters. The molecule has 25 heavy (non-hydrogen) atoms. The summed E-state index contributed by atoms with van der Waals surface area (Å²) in [4.78, 5) is 18.9. The summed E-state index contributed by atoms with van der Waals surface area (Å²) in [5, 5.41) is 4.96. The number of nitrogens with zero attached hydrogens (tertiary/aromatic N) is 3. The molecule has 0 saturated carbocycles. The summed E-state index contributed by atoms with van der Waals surface area (Å²) in [6.45, 7) is 1.83. The Morgan fingerprint density at radius 2 is 2.20 bits per heavy atom. The van der Waals surface area contributed by atoms with Crippen molar-refractivity contribution in [3.8, 4) is 0 Å². The van der Waals surface area contributed by atoms with Gasteiger partial charge in [0.05, 0.1) is 13.0 Å². The van der Waals surface area contributed by atoms with Gasteiger partial charge in [0.15, 0.2) is 5.58 Å². The van der Waals surface area contributed by atoms with Crippen molar-refractivity contribution in [2.45, 2.75) is 26.0 Å². The maximum atomic E-state index is 12.7. The van der Waals surface area contributed by atoms with Crippen LogP contribution in [0.5, 0.6) is 0 Å². The molecule has 2 aromatic heterocycles. The molecule has 3 heterocycles. The zero-order valence-corrected chi connectivity index (χ0v) is 14.1. The summed E-state index contributed by atoms with van der Waals surface area (Å²) in [5.41, 5.74) is 4.86. The third kappa shape index (κ3) is 3.00. The summed E-state index contributed by atoms with van der Waals surface area (Å²) in [5.74, 6) is 0.0573. The number of fused-ring (bicyclic) bond motifs is 2. The molecule has 0 bridgehead atoms. The second-order valence-electron chi connectivity index (χ2n) is 6.24. The number of carbonyl (C=O) groups excluding carboxylic acids is 1. The highest BCUT2D eigenvalue weighted by Crippen LogP contribution is 2.24. The Kier molecular flexibility index (Phi) is 4.19. The van der Waals surface area contributed by atoms with Gasteiger partial charge in [-0.05, 0) is 35.2 Å². The van der Waals surface area contributed by atoms with Crippen LogP contribution in [0.4, 0.5) is 0 Å². The number of aromatic nitrogens is 2. The van der Waals surface area contributed by atoms with Gasteiger partial charge in [0.2, 0.25) is 5.91 Å². The van der Waals surface area contributed by atoms with Gasteiger partial charge < -0.3 is 14.2 Å². The molecule has 3 aromatic rings. The van der Waals surface area contributed by atoms with Gasteiger partial charge in [0, 0.05) is 38.0 Å². The van der Waals surface area contributed by atoms with E-state index in [1.807, 2.05) is 41.6 Å². The Labute approximate surface area is 145 Å². The molecule has 1 aliphatic rings. The van der Waals surface area contributed by atoms with Crippen LogP contribution in [0.15, 0.2) is 41.2 Å². The number of benzene rings is 1. The first-order valence-corrected chi connectivity index (χ1v) is 8.31. The molecule has 1 aromatic carbocycles. The van der Waals surface area contributed by atoms with Crippen molar-refractivity contribution < 1.29 is 14.1 Å². The second kappa shape index (κ2) is 6.64. The summed E-state index contributed by atoms with van der Waals surface area (Å²) >= 11 is 0. The van der Waals surface area contributed by atoms with Crippen molar-refractivity contribution in [1.29, 1.82) is 0 Å². The van der Waals surface area contributed by atoms with Gasteiger partial charge in [-0.2, -0.15) is 0 Å². The summed E-state index contributed by atoms with van der Waals surface area (Å²) in [6, 6.07) is 7.61. The topological polar surface area (TPSA) is 68.5 Å². The fraction of sp³-hybridized carbons (Fsp3) is 0.316. The minimum absolute atomic E-state index is 0.0573. The first kappa shape index (κ1) is 15.8. The fourth-order valence-corrected chi connectivity index (χ4v) is 3.38. The molecular weight excluding hydrogens is 318 g/mol. The lowest BCUT2D eigenvalue weighted by Crippen LogP contribution is -2.37. The quantitative estimate of drug-likeness (QED) is 0.732. The predicted octanol–water partition coefficient (Wildman–Crippen LogP) is 2.50. The summed E-state index contributed by atoms with van der Waals surface area (Å²) in [6.07, 6.45) is 4.76. The SMILES string of the molecule is COCc1cncc2c1CCN(C(=O)Cc1noc3ccccc13)C2. The first-order valence-electron chi connectivity index (χ1n) is 8.31. The van der Waals surface area contributed by atoms with Crippen LogP contribution in [-0.4, -0.2) is 34.6 Å². The largest absolute Gasteiger partial charge is 0.380 e. The number of rotatable bonds is 4. The monoisotopic (exact) mass is 337 g/mol. The van der Waals surface area contributed by atoms with Crippen LogP contribution in [0.25, 0.3) is 11.0 Å². The minimum atomic E-state index is 0.0573. The first-order chi connectivity index (χ1) is 12.3. The standard InChI is InChI=1S/C19H19N3O3/c1-24-12-14-10-20-9-13-11-22(7-6-15(13)14)19(23)8-17-16-4-2-3-5-18(16)25-21-17/h2-5,9-10H,6-8,11-12H2,1H3. The fourth-order valence-electron chi connectivity index (χ4n) is 3.38. The van der Waals surface area contributed by atoms with Crippen LogP contribution in [0, 0.1) is 0 Å². The Morgan fingerprint density at radius 3 is 3.08 bits per heavy atom. The Morgan fingerprint density at radius 1 is 1.32 bits per heavy atom. The predicted molar refractivity (Wildman–Crippen MR) is 91.8 cm³/mol. The van der Waals surface area contributed by atoms with Gasteiger partial charge in [-0.3, -0.25) is 9.78 Å². The molecule has 6 nitrogen and oxygen atoms in total. The third-order valence-electron chi connectivity index (χ3n) is 4.65. The van der Waals surface area contributed by atoms with Crippen LogP contribution < -0.4 is 0 Å². The van der Waals surface area contributed by atoms with Gasteiger partial charge in [-0.25, -0.2) is 0 Å². The lowest BCUT2D eigenvalue weighted by atomic mass is 9.97. The highest BCUT2D eigenvalue weighted by Gasteiger charge is 2.24. The van der Waals surface area contributed by atoms with E-state index in [1.54, 1.807) is 7.11 Å². The van der Waals surface area contributed by atoms with E-state index < -0.39 is 0 Å². The normalized spacial score (nSPS) is 13.9. The third-order valence-corrected chi connectivity index (χ3v) is 4.65. The van der Waals surface area contributed by atoms with Crippen molar-refractivity contribution in [2.24, 2.45) is 0 Å². The van der Waals surface area contributed by atoms with E-state index in [0.29, 0.717) is 31.0 Å². The van der Waals surface area contributed by atoms with Crippen molar-refractivity contribution in [3.05, 3.63) is 59.0 Å². The Balaban J connectivity index is 1.52. The maximum absolute atomic E-state index is 12.7. The zero-order chi connectivity index (χ0) is 17.2. The lowest BCUT2D eigenvalue weighted by molar-refractivity contribution is -0.131. The van der Waals surface area contributed by atoms with E-state index in [4.69, 9.17) is 9.26 Å². The average Bonchev–Trinajstić information content (AvgIpc) is 3.05. The van der Waals surface area contributed by atoms with Gasteiger partial charge in [-0.15, -0.1) is 0 Å². The van der Waals surface area contributed by atoms with Crippen molar-refractivity contribution in [3.63, 3.8) is 0 Å². The number of methoxy groups -OCH3 is 1. The van der Waals surface area contributed by atoms with E-state index in [2.05, 4.69) is 10.1 Å². The lowest BCUT2D eigenvalue weighted by Gasteiger charge is -2.29. The number of pyridine rings is 1. The van der Waals surface area contributed by atoms with Crippen molar-refractivity contribution in [1.82, 2.24) is 15.0 Å². The van der Waals surface area contributed by atoms with Gasteiger partial charge >= 0.3 is 0 Å². The number of hydrogen-bond donors (Lipinski definition) is 0. The Bertz CT molecular complexity index is 919. The van der Waals surface area contributed by atoms with Gasteiger partial charge in [0.1, 0.15) is 5.69 Å². The molecule has 0 spiro atoms. The molecular formula is C19H19N3O3. The molecule has 0 unspecified atom stereocenters. The van der Waals surface area contributed by atoms with Crippen LogP contribution in [0.3, 0.4) is 0 Å². The number of carbonyl (C=O) groups is 1. The smallest absolute Gasteiger partial charge is 0.229 e. The zero-order valence-electron chi connectivity index (χ0n) is 14.1. The molecule has 0 saturated heterocycles. The molecule has 0 radical (unpaired) electrons. The summed E-state index contributed by atoms with van der Waals surface area (Å²) < 4.78 is 10.5. The van der Waals surface area contributed by atoms with E-state index >= 15 is 0 Å². The second-order valence-corrected chi connectivity index (χ2v) is 6.24. The van der Waals surface area contributed by atoms with Crippen LogP contribution in [0.2, 0.25) is 0 Å². The molecule has 1 aliphatic heterocycles. The van der Waals surface area contributed by atoms with Crippen LogP contribution in [-0.2, 0) is 35.5 Å². The molecule has 6 heteroatoms. The van der Waals surface area contributed by atoms with E-state index in [9.17, 15) is 4.79 Å². The van der Waals surface area contributed by atoms with E-state index in [1.165, 1.54) is 5.56 Å². The van der Waals surface area contributed by atoms with E-state index in [-0.39, 0.29) is 12.3 Å². The maximum Gasteiger partial charge on any atom is 0.229 e. The average molecular weight is 337 g/mol. The Hall–Kier alpha value is -2.73. The molecule has 0 aliphatic carbocycles. The number of amides is 1.